The van der Waals surface area contributed by atoms with Gasteiger partial charge in [-0.1, -0.05) is 45.2 Å². The van der Waals surface area contributed by atoms with E-state index in [1.807, 2.05) is 55.5 Å². The number of hydrogen-bond donors (Lipinski definition) is 0. The van der Waals surface area contributed by atoms with Gasteiger partial charge in [0, 0.05) is 11.6 Å². The van der Waals surface area contributed by atoms with Crippen molar-refractivity contribution >= 4 is 73.7 Å². The normalized spacial score (nSPS) is 15.2. The third kappa shape index (κ3) is 7.53. The lowest BCUT2D eigenvalue weighted by Gasteiger charge is -2.15. The van der Waals surface area contributed by atoms with Crippen molar-refractivity contribution in [2.45, 2.75) is 13.5 Å². The molecule has 0 unspecified atom stereocenters. The molecular formula is C29H27BrCl2N2O5S. The number of benzene rings is 3. The third-order valence-electron chi connectivity index (χ3n) is 5.73. The summed E-state index contributed by atoms with van der Waals surface area (Å²) in [6.07, 6.45) is 1.82. The summed E-state index contributed by atoms with van der Waals surface area (Å²) < 4.78 is 23.1. The molecule has 0 aromatic heterocycles. The van der Waals surface area contributed by atoms with E-state index in [1.165, 1.54) is 11.8 Å². The van der Waals surface area contributed by atoms with Crippen molar-refractivity contribution in [3.05, 3.63) is 85.1 Å². The van der Waals surface area contributed by atoms with E-state index in [0.717, 1.165) is 21.3 Å². The van der Waals surface area contributed by atoms with Crippen molar-refractivity contribution < 1.29 is 23.7 Å². The molecule has 1 fully saturated rings. The van der Waals surface area contributed by atoms with E-state index >= 15 is 0 Å². The van der Waals surface area contributed by atoms with Crippen LogP contribution in [-0.2, 0) is 16.1 Å². The fourth-order valence-corrected chi connectivity index (χ4v) is 5.49. The van der Waals surface area contributed by atoms with Crippen LogP contribution < -0.4 is 14.2 Å². The summed E-state index contributed by atoms with van der Waals surface area (Å²) in [5.74, 6) is 1.68. The van der Waals surface area contributed by atoms with Gasteiger partial charge in [0.15, 0.2) is 16.7 Å². The van der Waals surface area contributed by atoms with Crippen LogP contribution in [0, 0.1) is 0 Å². The first-order valence-electron chi connectivity index (χ1n) is 12.3. The van der Waals surface area contributed by atoms with Crippen molar-refractivity contribution in [1.82, 2.24) is 4.90 Å². The van der Waals surface area contributed by atoms with Gasteiger partial charge in [-0.15, -0.1) is 0 Å². The minimum Gasteiger partial charge on any atom is -0.497 e. The quantitative estimate of drug-likeness (QED) is 0.193. The van der Waals surface area contributed by atoms with E-state index < -0.39 is 0 Å². The molecule has 0 aliphatic carbocycles. The van der Waals surface area contributed by atoms with Crippen molar-refractivity contribution in [3.63, 3.8) is 0 Å². The van der Waals surface area contributed by atoms with Crippen molar-refractivity contribution in [2.24, 2.45) is 4.99 Å². The van der Waals surface area contributed by atoms with E-state index in [2.05, 4.69) is 15.9 Å². The summed E-state index contributed by atoms with van der Waals surface area (Å²) in [5, 5.41) is 1.52. The zero-order chi connectivity index (χ0) is 28.6. The minimum atomic E-state index is -0.154. The number of ether oxygens (including phenoxy) is 4. The zero-order valence-corrected chi connectivity index (χ0v) is 26.0. The van der Waals surface area contributed by atoms with Crippen LogP contribution in [0.4, 0.5) is 5.69 Å². The lowest BCUT2D eigenvalue weighted by molar-refractivity contribution is -0.122. The number of hydrogen-bond acceptors (Lipinski definition) is 7. The second-order valence-electron chi connectivity index (χ2n) is 8.44. The molecule has 1 aliphatic rings. The standard InChI is InChI=1S/C29H27BrCl2N2O5S/c1-4-38-25-14-19(22(30)16-26(25)39-17-18-5-10-23(31)24(32)13-18)15-27-28(35)34(11-12-36-2)29(40-27)33-20-6-8-21(37-3)9-7-20/h5-10,13-16H,4,11-12,17H2,1-3H3/b27-15-,33-29?. The number of amides is 1. The topological polar surface area (TPSA) is 69.6 Å². The van der Waals surface area contributed by atoms with Crippen LogP contribution in [0.25, 0.3) is 6.08 Å². The highest BCUT2D eigenvalue weighted by Crippen LogP contribution is 2.39. The van der Waals surface area contributed by atoms with Crippen molar-refractivity contribution in [3.8, 4) is 17.2 Å². The molecule has 210 valence electrons. The molecule has 0 radical (unpaired) electrons. The van der Waals surface area contributed by atoms with Crippen LogP contribution in [0.1, 0.15) is 18.1 Å². The smallest absolute Gasteiger partial charge is 0.266 e. The molecule has 1 amide bonds. The van der Waals surface area contributed by atoms with Crippen LogP contribution in [0.15, 0.2) is 69.0 Å². The Morgan fingerprint density at radius 1 is 1.00 bits per heavy atom. The lowest BCUT2D eigenvalue weighted by atomic mass is 10.1. The van der Waals surface area contributed by atoms with Gasteiger partial charge < -0.3 is 18.9 Å². The van der Waals surface area contributed by atoms with Gasteiger partial charge in [-0.3, -0.25) is 9.69 Å². The fourth-order valence-electron chi connectivity index (χ4n) is 3.71. The second-order valence-corrected chi connectivity index (χ2v) is 11.1. The third-order valence-corrected chi connectivity index (χ3v) is 8.16. The molecule has 1 saturated heterocycles. The zero-order valence-electron chi connectivity index (χ0n) is 22.1. The summed E-state index contributed by atoms with van der Waals surface area (Å²) in [7, 11) is 3.21. The van der Waals surface area contributed by atoms with E-state index in [9.17, 15) is 4.79 Å². The van der Waals surface area contributed by atoms with E-state index in [-0.39, 0.29) is 12.5 Å². The second kappa shape index (κ2) is 14.3. The van der Waals surface area contributed by atoms with Gasteiger partial charge in [0.2, 0.25) is 0 Å². The molecule has 7 nitrogen and oxygen atoms in total. The first kappa shape index (κ1) is 30.3. The SMILES string of the molecule is CCOc1cc(/C=C2\SC(=Nc3ccc(OC)cc3)N(CCOC)C2=O)c(Br)cc1OCc1ccc(Cl)c(Cl)c1. The first-order valence-corrected chi connectivity index (χ1v) is 14.7. The number of carbonyl (C=O) groups excluding carboxylic acids is 1. The largest absolute Gasteiger partial charge is 0.497 e. The van der Waals surface area contributed by atoms with E-state index in [1.54, 1.807) is 31.3 Å². The number of halogens is 3. The minimum absolute atomic E-state index is 0.154. The fraction of sp³-hybridized carbons (Fsp3) is 0.241. The van der Waals surface area contributed by atoms with Gasteiger partial charge in [-0.25, -0.2) is 4.99 Å². The maximum absolute atomic E-state index is 13.4. The van der Waals surface area contributed by atoms with Gasteiger partial charge in [-0.05, 0) is 84.4 Å². The molecule has 1 heterocycles. The van der Waals surface area contributed by atoms with Gasteiger partial charge in [0.1, 0.15) is 12.4 Å². The van der Waals surface area contributed by atoms with Gasteiger partial charge in [0.25, 0.3) is 5.91 Å². The van der Waals surface area contributed by atoms with Crippen LogP contribution in [0.2, 0.25) is 10.0 Å². The highest BCUT2D eigenvalue weighted by Gasteiger charge is 2.33. The Balaban J connectivity index is 1.61. The van der Waals surface area contributed by atoms with Gasteiger partial charge in [0.05, 0.1) is 47.5 Å². The molecular weight excluding hydrogens is 639 g/mol. The maximum atomic E-state index is 13.4. The molecule has 4 rings (SSSR count). The summed E-state index contributed by atoms with van der Waals surface area (Å²) in [6.45, 7) is 3.37. The molecule has 1 aliphatic heterocycles. The number of thioether (sulfide) groups is 1. The molecule has 0 bridgehead atoms. The van der Waals surface area contributed by atoms with Crippen LogP contribution in [-0.4, -0.2) is 50.0 Å². The van der Waals surface area contributed by atoms with E-state index in [4.69, 9.17) is 47.1 Å². The molecule has 40 heavy (non-hydrogen) atoms. The molecule has 0 spiro atoms. The number of aliphatic imine (C=N–C) groups is 1. The maximum Gasteiger partial charge on any atom is 0.266 e. The molecule has 0 N–H and O–H groups in total. The van der Waals surface area contributed by atoms with Gasteiger partial charge in [-0.2, -0.15) is 0 Å². The van der Waals surface area contributed by atoms with Crippen LogP contribution in [0.3, 0.4) is 0 Å². The summed E-state index contributed by atoms with van der Waals surface area (Å²) in [6, 6.07) is 16.4. The Labute approximate surface area is 256 Å². The summed E-state index contributed by atoms with van der Waals surface area (Å²) in [5.41, 5.74) is 2.34. The Bertz CT molecular complexity index is 1430. The molecule has 0 saturated carbocycles. The Hall–Kier alpha value is -2.69. The number of carbonyl (C=O) groups is 1. The van der Waals surface area contributed by atoms with Crippen LogP contribution in [0.5, 0.6) is 17.2 Å². The Morgan fingerprint density at radius 2 is 1.75 bits per heavy atom. The monoisotopic (exact) mass is 664 g/mol. The average Bonchev–Trinajstić information content (AvgIpc) is 3.23. The highest BCUT2D eigenvalue weighted by molar-refractivity contribution is 9.10. The van der Waals surface area contributed by atoms with Gasteiger partial charge >= 0.3 is 0 Å². The summed E-state index contributed by atoms with van der Waals surface area (Å²) in [4.78, 5) is 20.3. The van der Waals surface area contributed by atoms with Crippen LogP contribution >= 0.6 is 50.9 Å². The lowest BCUT2D eigenvalue weighted by Crippen LogP contribution is -2.32. The molecule has 3 aromatic carbocycles. The van der Waals surface area contributed by atoms with Crippen molar-refractivity contribution in [2.75, 3.05) is 34.0 Å². The Morgan fingerprint density at radius 3 is 2.42 bits per heavy atom. The van der Waals surface area contributed by atoms with E-state index in [0.29, 0.717) is 57.1 Å². The number of rotatable bonds is 11. The number of nitrogens with zero attached hydrogens (tertiary/aromatic N) is 2. The average molecular weight is 666 g/mol. The predicted molar refractivity (Wildman–Crippen MR) is 165 cm³/mol. The van der Waals surface area contributed by atoms with Crippen molar-refractivity contribution in [1.29, 1.82) is 0 Å². The predicted octanol–water partition coefficient (Wildman–Crippen LogP) is 7.99. The molecule has 3 aromatic rings. The molecule has 0 atom stereocenters. The number of methoxy groups -OCH3 is 2. The summed E-state index contributed by atoms with van der Waals surface area (Å²) >= 11 is 17.1. The highest BCUT2D eigenvalue weighted by atomic mass is 79.9. The first-order chi connectivity index (χ1) is 19.3. The molecule has 11 heteroatoms. The Kier molecular flexibility index (Phi) is 10.8. The number of amidine groups is 1.